The van der Waals surface area contributed by atoms with E-state index in [0.717, 1.165) is 11.8 Å². The van der Waals surface area contributed by atoms with Gasteiger partial charge in [0.05, 0.1) is 0 Å². The molecule has 0 radical (unpaired) electrons. The van der Waals surface area contributed by atoms with Crippen LogP contribution >= 0.6 is 0 Å². The molecule has 1 heterocycles. The van der Waals surface area contributed by atoms with E-state index in [-0.39, 0.29) is 11.5 Å². The van der Waals surface area contributed by atoms with Gasteiger partial charge in [-0.25, -0.2) is 0 Å². The zero-order valence-electron chi connectivity index (χ0n) is 10.6. The van der Waals surface area contributed by atoms with E-state index in [1.165, 1.54) is 4.57 Å². The van der Waals surface area contributed by atoms with Crippen LogP contribution < -0.4 is 10.9 Å². The number of nitrogens with zero attached hydrogens (tertiary/aromatic N) is 1. The monoisotopic (exact) mass is 244 g/mol. The summed E-state index contributed by atoms with van der Waals surface area (Å²) in [6.45, 7) is 2.60. The minimum atomic E-state index is -0.206. The van der Waals surface area contributed by atoms with E-state index in [1.54, 1.807) is 19.2 Å². The van der Waals surface area contributed by atoms with Crippen molar-refractivity contribution >= 4 is 16.7 Å². The molecule has 2 aromatic rings. The second-order valence-electron chi connectivity index (χ2n) is 4.24. The molecule has 0 spiro atoms. The number of hydrogen-bond acceptors (Lipinski definition) is 2. The summed E-state index contributed by atoms with van der Waals surface area (Å²) in [6.07, 6.45) is 0.868. The predicted molar refractivity (Wildman–Crippen MR) is 71.8 cm³/mol. The number of nitrogens with one attached hydrogen (secondary N) is 1. The van der Waals surface area contributed by atoms with E-state index < -0.39 is 0 Å². The molecule has 0 aliphatic carbocycles. The third-order valence-corrected chi connectivity index (χ3v) is 2.92. The molecule has 0 saturated carbocycles. The number of pyridine rings is 1. The molecule has 0 aliphatic heterocycles. The van der Waals surface area contributed by atoms with Crippen LogP contribution in [0.4, 0.5) is 0 Å². The average molecular weight is 244 g/mol. The molecule has 0 bridgehead atoms. The van der Waals surface area contributed by atoms with Gasteiger partial charge in [0, 0.05) is 19.0 Å². The molecule has 1 aromatic carbocycles. The normalized spacial score (nSPS) is 10.6. The number of aromatic nitrogens is 1. The summed E-state index contributed by atoms with van der Waals surface area (Å²) in [7, 11) is 1.62. The van der Waals surface area contributed by atoms with Gasteiger partial charge in [0.25, 0.3) is 11.5 Å². The number of carbonyl (C=O) groups excluding carboxylic acids is 1. The van der Waals surface area contributed by atoms with E-state index in [9.17, 15) is 9.59 Å². The second-order valence-corrected chi connectivity index (χ2v) is 4.24. The van der Waals surface area contributed by atoms with Crippen LogP contribution in [-0.2, 0) is 7.05 Å². The molecule has 2 rings (SSSR count). The highest BCUT2D eigenvalue weighted by molar-refractivity contribution is 5.96. The first-order valence-electron chi connectivity index (χ1n) is 6.02. The summed E-state index contributed by atoms with van der Waals surface area (Å²) in [4.78, 5) is 24.1. The third kappa shape index (κ3) is 2.14. The molecule has 4 heteroatoms. The van der Waals surface area contributed by atoms with E-state index in [0.29, 0.717) is 17.6 Å². The van der Waals surface area contributed by atoms with Gasteiger partial charge in [-0.1, -0.05) is 25.1 Å². The van der Waals surface area contributed by atoms with Crippen LogP contribution in [0.1, 0.15) is 23.8 Å². The Kier molecular flexibility index (Phi) is 3.46. The number of rotatable bonds is 3. The maximum absolute atomic E-state index is 12.1. The van der Waals surface area contributed by atoms with Gasteiger partial charge >= 0.3 is 0 Å². The van der Waals surface area contributed by atoms with Crippen molar-refractivity contribution in [2.24, 2.45) is 7.05 Å². The zero-order valence-corrected chi connectivity index (χ0v) is 10.6. The molecular formula is C14H16N2O2. The van der Waals surface area contributed by atoms with Crippen molar-refractivity contribution in [3.8, 4) is 0 Å². The summed E-state index contributed by atoms with van der Waals surface area (Å²) >= 11 is 0. The smallest absolute Gasteiger partial charge is 0.268 e. The second kappa shape index (κ2) is 5.04. The largest absolute Gasteiger partial charge is 0.351 e. The van der Waals surface area contributed by atoms with Crippen LogP contribution in [0.15, 0.2) is 35.1 Å². The first kappa shape index (κ1) is 12.4. The fourth-order valence-electron chi connectivity index (χ4n) is 1.90. The van der Waals surface area contributed by atoms with Crippen molar-refractivity contribution in [3.63, 3.8) is 0 Å². The van der Waals surface area contributed by atoms with Gasteiger partial charge < -0.3 is 9.88 Å². The maximum atomic E-state index is 12.1. The molecule has 94 valence electrons. The lowest BCUT2D eigenvalue weighted by Crippen LogP contribution is -2.31. The fraction of sp³-hybridized carbons (Fsp3) is 0.286. The van der Waals surface area contributed by atoms with Crippen LogP contribution in [0.3, 0.4) is 0 Å². The topological polar surface area (TPSA) is 51.1 Å². The molecular weight excluding hydrogens is 228 g/mol. The van der Waals surface area contributed by atoms with Gasteiger partial charge in [0.15, 0.2) is 0 Å². The molecule has 0 unspecified atom stereocenters. The molecule has 4 nitrogen and oxygen atoms in total. The number of fused-ring (bicyclic) bond motifs is 1. The van der Waals surface area contributed by atoms with Crippen molar-refractivity contribution in [3.05, 3.63) is 46.4 Å². The highest BCUT2D eigenvalue weighted by Crippen LogP contribution is 2.11. The highest BCUT2D eigenvalue weighted by Gasteiger charge is 2.12. The van der Waals surface area contributed by atoms with Crippen LogP contribution in [-0.4, -0.2) is 17.0 Å². The molecule has 0 aliphatic rings. The fourth-order valence-corrected chi connectivity index (χ4v) is 1.90. The van der Waals surface area contributed by atoms with Crippen molar-refractivity contribution in [1.82, 2.24) is 9.88 Å². The number of amides is 1. The van der Waals surface area contributed by atoms with Crippen molar-refractivity contribution < 1.29 is 4.79 Å². The molecule has 0 fully saturated rings. The maximum Gasteiger partial charge on any atom is 0.268 e. The Bertz CT molecular complexity index is 644. The quantitative estimate of drug-likeness (QED) is 0.893. The minimum Gasteiger partial charge on any atom is -0.351 e. The molecule has 0 saturated heterocycles. The number of benzene rings is 1. The Morgan fingerprint density at radius 1 is 1.33 bits per heavy atom. The Hall–Kier alpha value is -2.10. The molecule has 18 heavy (non-hydrogen) atoms. The van der Waals surface area contributed by atoms with Crippen LogP contribution in [0.25, 0.3) is 10.8 Å². The number of carbonyl (C=O) groups is 1. The van der Waals surface area contributed by atoms with E-state index in [4.69, 9.17) is 0 Å². The zero-order chi connectivity index (χ0) is 13.1. The summed E-state index contributed by atoms with van der Waals surface area (Å²) in [5, 5.41) is 4.21. The Balaban J connectivity index is 2.55. The van der Waals surface area contributed by atoms with Gasteiger partial charge in [0.2, 0.25) is 0 Å². The van der Waals surface area contributed by atoms with Gasteiger partial charge in [-0.15, -0.1) is 0 Å². The van der Waals surface area contributed by atoms with Crippen LogP contribution in [0.2, 0.25) is 0 Å². The predicted octanol–water partition coefficient (Wildman–Crippen LogP) is 1.68. The van der Waals surface area contributed by atoms with Crippen molar-refractivity contribution in [1.29, 1.82) is 0 Å². The summed E-state index contributed by atoms with van der Waals surface area (Å²) in [5.41, 5.74) is 0.252. The van der Waals surface area contributed by atoms with Gasteiger partial charge in [0.1, 0.15) is 5.69 Å². The lowest BCUT2D eigenvalue weighted by Gasteiger charge is -2.10. The molecule has 0 atom stereocenters. The minimum absolute atomic E-state index is 0.144. The van der Waals surface area contributed by atoms with E-state index in [1.807, 2.05) is 25.1 Å². The SMILES string of the molecule is CCCNC(=O)c1cc2ccccc2c(=O)n1C. The average Bonchev–Trinajstić information content (AvgIpc) is 2.40. The van der Waals surface area contributed by atoms with Crippen molar-refractivity contribution in [2.75, 3.05) is 6.54 Å². The van der Waals surface area contributed by atoms with Gasteiger partial charge in [-0.2, -0.15) is 0 Å². The summed E-state index contributed by atoms with van der Waals surface area (Å²) in [6, 6.07) is 9.04. The Morgan fingerprint density at radius 2 is 2.06 bits per heavy atom. The molecule has 1 aromatic heterocycles. The van der Waals surface area contributed by atoms with Crippen LogP contribution in [0.5, 0.6) is 0 Å². The Labute approximate surface area is 105 Å². The van der Waals surface area contributed by atoms with Gasteiger partial charge in [-0.3, -0.25) is 9.59 Å². The van der Waals surface area contributed by atoms with Crippen LogP contribution in [0, 0.1) is 0 Å². The summed E-state index contributed by atoms with van der Waals surface area (Å²) in [5.74, 6) is -0.206. The third-order valence-electron chi connectivity index (χ3n) is 2.92. The lowest BCUT2D eigenvalue weighted by atomic mass is 10.1. The highest BCUT2D eigenvalue weighted by atomic mass is 16.2. The lowest BCUT2D eigenvalue weighted by molar-refractivity contribution is 0.0944. The molecule has 1 N–H and O–H groups in total. The standard InChI is InChI=1S/C14H16N2O2/c1-3-8-15-13(17)12-9-10-6-4-5-7-11(10)14(18)16(12)2/h4-7,9H,3,8H2,1-2H3,(H,15,17). The van der Waals surface area contributed by atoms with E-state index >= 15 is 0 Å². The molecule has 1 amide bonds. The van der Waals surface area contributed by atoms with Gasteiger partial charge in [-0.05, 0) is 23.9 Å². The van der Waals surface area contributed by atoms with Crippen molar-refractivity contribution in [2.45, 2.75) is 13.3 Å². The first-order valence-corrected chi connectivity index (χ1v) is 6.02. The Morgan fingerprint density at radius 3 is 2.78 bits per heavy atom. The summed E-state index contributed by atoms with van der Waals surface area (Å²) < 4.78 is 1.40. The first-order chi connectivity index (χ1) is 8.65. The van der Waals surface area contributed by atoms with E-state index in [2.05, 4.69) is 5.32 Å². The number of hydrogen-bond donors (Lipinski definition) is 1.